The Morgan fingerprint density at radius 3 is 1.43 bits per heavy atom. The highest BCUT2D eigenvalue weighted by Gasteiger charge is 2.09. The van der Waals surface area contributed by atoms with Crippen LogP contribution in [0.3, 0.4) is 0 Å². The van der Waals surface area contributed by atoms with E-state index in [1.165, 1.54) is 12.4 Å². The molecule has 0 bridgehead atoms. The molecular formula is C32H24Br2N4O4. The average Bonchev–Trinajstić information content (AvgIpc) is 3.01. The number of hydrazone groups is 2. The fourth-order valence-electron chi connectivity index (χ4n) is 4.03. The molecule has 42 heavy (non-hydrogen) atoms. The number of carbonyl (C=O) groups is 2. The lowest BCUT2D eigenvalue weighted by atomic mass is 10.1. The fourth-order valence-corrected chi connectivity index (χ4v) is 5.24. The van der Waals surface area contributed by atoms with Gasteiger partial charge in [0.25, 0.3) is 11.8 Å². The summed E-state index contributed by atoms with van der Waals surface area (Å²) in [6.07, 6.45) is 3.05. The highest BCUT2D eigenvalue weighted by molar-refractivity contribution is 9.11. The zero-order valence-electron chi connectivity index (χ0n) is 22.1. The molecule has 0 fully saturated rings. The summed E-state index contributed by atoms with van der Waals surface area (Å²) < 4.78 is 12.9. The number of nitrogens with zero attached hydrogens (tertiary/aromatic N) is 2. The molecule has 0 aromatic heterocycles. The van der Waals surface area contributed by atoms with Gasteiger partial charge in [-0.25, -0.2) is 10.9 Å². The number of rotatable bonds is 10. The normalized spacial score (nSPS) is 11.3. The minimum Gasteiger partial charge on any atom is -0.483 e. The van der Waals surface area contributed by atoms with Crippen molar-refractivity contribution in [1.82, 2.24) is 10.9 Å². The first-order valence-electron chi connectivity index (χ1n) is 12.8. The summed E-state index contributed by atoms with van der Waals surface area (Å²) in [7, 11) is 0. The number of hydrogen-bond acceptors (Lipinski definition) is 6. The van der Waals surface area contributed by atoms with E-state index in [2.05, 4.69) is 52.9 Å². The Bertz CT molecular complexity index is 1670. The van der Waals surface area contributed by atoms with Gasteiger partial charge >= 0.3 is 0 Å². The molecule has 0 aliphatic carbocycles. The summed E-state index contributed by atoms with van der Waals surface area (Å²) in [4.78, 5) is 24.4. The second-order valence-corrected chi connectivity index (χ2v) is 10.6. The molecule has 10 heteroatoms. The highest BCUT2D eigenvalue weighted by Crippen LogP contribution is 2.34. The largest absolute Gasteiger partial charge is 0.483 e. The minimum absolute atomic E-state index is 0.181. The predicted molar refractivity (Wildman–Crippen MR) is 172 cm³/mol. The van der Waals surface area contributed by atoms with E-state index in [1.54, 1.807) is 0 Å². The molecule has 0 unspecified atom stereocenters. The van der Waals surface area contributed by atoms with Crippen LogP contribution in [0.25, 0.3) is 21.5 Å². The van der Waals surface area contributed by atoms with Gasteiger partial charge in [-0.3, -0.25) is 9.59 Å². The van der Waals surface area contributed by atoms with Crippen LogP contribution >= 0.6 is 31.9 Å². The molecule has 0 aliphatic rings. The van der Waals surface area contributed by atoms with Crippen molar-refractivity contribution in [1.29, 1.82) is 0 Å². The molecule has 0 atom stereocenters. The number of benzene rings is 5. The number of nitrogens with one attached hydrogen (secondary N) is 2. The maximum absolute atomic E-state index is 12.2. The van der Waals surface area contributed by atoms with E-state index in [4.69, 9.17) is 9.47 Å². The van der Waals surface area contributed by atoms with Gasteiger partial charge in [0, 0.05) is 0 Å². The van der Waals surface area contributed by atoms with Crippen molar-refractivity contribution in [2.75, 3.05) is 13.2 Å². The van der Waals surface area contributed by atoms with Crippen LogP contribution in [0.5, 0.6) is 11.5 Å². The van der Waals surface area contributed by atoms with E-state index in [9.17, 15) is 9.59 Å². The summed E-state index contributed by atoms with van der Waals surface area (Å²) >= 11 is 7.09. The Morgan fingerprint density at radius 1 is 0.595 bits per heavy atom. The Balaban J connectivity index is 1.04. The molecule has 2 N–H and O–H groups in total. The second kappa shape index (κ2) is 13.9. The molecule has 8 nitrogen and oxygen atoms in total. The lowest BCUT2D eigenvalue weighted by molar-refractivity contribution is -0.123. The van der Waals surface area contributed by atoms with Gasteiger partial charge in [-0.15, -0.1) is 0 Å². The van der Waals surface area contributed by atoms with E-state index in [0.29, 0.717) is 11.5 Å². The second-order valence-electron chi connectivity index (χ2n) is 9.03. The zero-order valence-corrected chi connectivity index (χ0v) is 25.3. The molecule has 0 spiro atoms. The maximum Gasteiger partial charge on any atom is 0.277 e. The minimum atomic E-state index is -0.386. The van der Waals surface area contributed by atoms with Crippen LogP contribution in [0.1, 0.15) is 11.1 Å². The van der Waals surface area contributed by atoms with Crippen LogP contribution in [0.2, 0.25) is 0 Å². The summed E-state index contributed by atoms with van der Waals surface area (Å²) in [6, 6.07) is 30.5. The van der Waals surface area contributed by atoms with Crippen LogP contribution in [0, 0.1) is 0 Å². The Kier molecular flexibility index (Phi) is 9.58. The van der Waals surface area contributed by atoms with Crippen LogP contribution in [0.4, 0.5) is 0 Å². The molecule has 5 rings (SSSR count). The lowest BCUT2D eigenvalue weighted by Gasteiger charge is -2.09. The van der Waals surface area contributed by atoms with Gasteiger partial charge in [0.2, 0.25) is 0 Å². The SMILES string of the molecule is O=C(COc1ccc2ccccc2c1Br)N/N=C/c1ccc(/C=N/NC(=O)COc2ccc3ccccc3c2Br)cc1. The standard InChI is InChI=1S/C32H24Br2N4O4/c33-31-25-7-3-1-5-23(25)13-15-27(31)41-19-29(39)37-35-17-21-9-11-22(12-10-21)18-36-38-30(40)20-42-28-16-14-24-6-2-4-8-26(24)32(28)34/h1-18H,19-20H2,(H,37,39)(H,38,40)/b35-17+,36-18+. The molecule has 5 aromatic rings. The number of carbonyl (C=O) groups excluding carboxylic acids is 2. The molecule has 2 amide bonds. The fraction of sp³-hybridized carbons (Fsp3) is 0.0625. The molecular weight excluding hydrogens is 664 g/mol. The van der Waals surface area contributed by atoms with E-state index in [-0.39, 0.29) is 25.0 Å². The summed E-state index contributed by atoms with van der Waals surface area (Å²) in [5.41, 5.74) is 6.45. The number of ether oxygens (including phenoxy) is 2. The topological polar surface area (TPSA) is 101 Å². The Labute approximate surface area is 258 Å². The first kappa shape index (κ1) is 29.0. The van der Waals surface area contributed by atoms with Gasteiger partial charge in [-0.05, 0) is 76.7 Å². The molecule has 0 saturated carbocycles. The summed E-state index contributed by atoms with van der Waals surface area (Å²) in [5, 5.41) is 12.1. The monoisotopic (exact) mass is 686 g/mol. The molecule has 210 valence electrons. The first-order chi connectivity index (χ1) is 20.5. The van der Waals surface area contributed by atoms with Crippen molar-refractivity contribution < 1.29 is 19.1 Å². The Hall–Kier alpha value is -4.54. The van der Waals surface area contributed by atoms with Gasteiger partial charge in [-0.1, -0.05) is 84.9 Å². The van der Waals surface area contributed by atoms with Gasteiger partial charge in [0.1, 0.15) is 11.5 Å². The van der Waals surface area contributed by atoms with E-state index in [1.807, 2.05) is 97.1 Å². The molecule has 0 saturated heterocycles. The number of amides is 2. The molecule has 5 aromatic carbocycles. The predicted octanol–water partition coefficient (Wildman–Crippen LogP) is 6.58. The quantitative estimate of drug-likeness (QED) is 0.128. The van der Waals surface area contributed by atoms with E-state index < -0.39 is 0 Å². The van der Waals surface area contributed by atoms with Crippen molar-refractivity contribution in [3.8, 4) is 11.5 Å². The zero-order chi connectivity index (χ0) is 29.3. The van der Waals surface area contributed by atoms with Gasteiger partial charge in [-0.2, -0.15) is 10.2 Å². The average molecular weight is 688 g/mol. The van der Waals surface area contributed by atoms with Crippen molar-refractivity contribution in [2.45, 2.75) is 0 Å². The molecule has 0 heterocycles. The highest BCUT2D eigenvalue weighted by atomic mass is 79.9. The number of halogens is 2. The summed E-state index contributed by atoms with van der Waals surface area (Å²) in [5.74, 6) is 0.379. The van der Waals surface area contributed by atoms with Crippen LogP contribution in [-0.4, -0.2) is 37.5 Å². The van der Waals surface area contributed by atoms with E-state index >= 15 is 0 Å². The smallest absolute Gasteiger partial charge is 0.277 e. The van der Waals surface area contributed by atoms with E-state index in [0.717, 1.165) is 41.6 Å². The number of hydrogen-bond donors (Lipinski definition) is 2. The van der Waals surface area contributed by atoms with Crippen LogP contribution in [0.15, 0.2) is 116 Å². The van der Waals surface area contributed by atoms with Gasteiger partial charge < -0.3 is 9.47 Å². The van der Waals surface area contributed by atoms with Crippen molar-refractivity contribution in [3.05, 3.63) is 117 Å². The number of fused-ring (bicyclic) bond motifs is 2. The summed E-state index contributed by atoms with van der Waals surface area (Å²) in [6.45, 7) is -0.361. The van der Waals surface area contributed by atoms with Crippen molar-refractivity contribution >= 4 is 77.6 Å². The first-order valence-corrected chi connectivity index (χ1v) is 14.4. The maximum atomic E-state index is 12.2. The Morgan fingerprint density at radius 2 is 1.00 bits per heavy atom. The van der Waals surface area contributed by atoms with Crippen molar-refractivity contribution in [3.63, 3.8) is 0 Å². The molecule has 0 aliphatic heterocycles. The third kappa shape index (κ3) is 7.39. The van der Waals surface area contributed by atoms with Crippen LogP contribution < -0.4 is 20.3 Å². The molecule has 0 radical (unpaired) electrons. The van der Waals surface area contributed by atoms with Gasteiger partial charge in [0.05, 0.1) is 21.4 Å². The third-order valence-electron chi connectivity index (χ3n) is 6.12. The lowest BCUT2D eigenvalue weighted by Crippen LogP contribution is -2.24. The van der Waals surface area contributed by atoms with Crippen molar-refractivity contribution in [2.24, 2.45) is 10.2 Å². The van der Waals surface area contributed by atoms with Crippen LogP contribution in [-0.2, 0) is 9.59 Å². The van der Waals surface area contributed by atoms with Gasteiger partial charge in [0.15, 0.2) is 13.2 Å². The third-order valence-corrected chi connectivity index (χ3v) is 7.75.